The maximum atomic E-state index is 14.1. The second-order valence-electron chi connectivity index (χ2n) is 11.6. The van der Waals surface area contributed by atoms with Gasteiger partial charge in [0.25, 0.3) is 0 Å². The molecule has 3 N–H and O–H groups in total. The van der Waals surface area contributed by atoms with Crippen molar-refractivity contribution in [2.75, 3.05) is 16.8 Å². The van der Waals surface area contributed by atoms with E-state index in [2.05, 4.69) is 5.32 Å². The molecule has 224 valence electrons. The molecule has 0 spiro atoms. The van der Waals surface area contributed by atoms with Crippen molar-refractivity contribution in [3.05, 3.63) is 114 Å². The Kier molecular flexibility index (Phi) is 7.28. The maximum absolute atomic E-state index is 14.1. The van der Waals surface area contributed by atoms with E-state index in [-0.39, 0.29) is 37.0 Å². The number of carbonyl (C=O) groups excluding carboxylic acids is 2. The minimum Gasteiger partial charge on any atom is -0.508 e. The number of aliphatic hydroxyl groups is 1. The Labute approximate surface area is 259 Å². The number of phenolic OH excluding ortho intramolecular Hbond substituents is 1. The van der Waals surface area contributed by atoms with E-state index < -0.39 is 35.6 Å². The molecule has 9 heteroatoms. The van der Waals surface area contributed by atoms with Crippen molar-refractivity contribution < 1.29 is 29.3 Å². The highest BCUT2D eigenvalue weighted by atomic mass is 35.5. The van der Waals surface area contributed by atoms with Crippen LogP contribution < -0.4 is 15.0 Å². The van der Waals surface area contributed by atoms with Crippen LogP contribution in [0.5, 0.6) is 11.5 Å². The van der Waals surface area contributed by atoms with Crippen LogP contribution in [-0.2, 0) is 14.3 Å². The highest BCUT2D eigenvalue weighted by Gasteiger charge is 2.67. The smallest absolute Gasteiger partial charge is 0.238 e. The summed E-state index contributed by atoms with van der Waals surface area (Å²) in [5.41, 5.74) is 2.82. The summed E-state index contributed by atoms with van der Waals surface area (Å²) in [6.45, 7) is 0.0948. The fraction of sp³-hybridized carbons (Fsp3) is 0.257. The Balaban J connectivity index is 1.19. The van der Waals surface area contributed by atoms with Gasteiger partial charge in [-0.2, -0.15) is 0 Å². The van der Waals surface area contributed by atoms with E-state index in [0.717, 1.165) is 11.4 Å². The molecule has 44 heavy (non-hydrogen) atoms. The number of ether oxygens (including phenoxy) is 2. The van der Waals surface area contributed by atoms with Crippen LogP contribution in [0, 0.1) is 23.7 Å². The van der Waals surface area contributed by atoms with E-state index >= 15 is 0 Å². The molecule has 3 aliphatic rings. The van der Waals surface area contributed by atoms with Crippen molar-refractivity contribution in [1.29, 1.82) is 0 Å². The van der Waals surface area contributed by atoms with E-state index in [1.807, 2.05) is 72.8 Å². The van der Waals surface area contributed by atoms with Crippen molar-refractivity contribution in [1.82, 2.24) is 0 Å². The molecule has 4 aromatic carbocycles. The Morgan fingerprint density at radius 3 is 2.27 bits per heavy atom. The van der Waals surface area contributed by atoms with Gasteiger partial charge in [0.05, 0.1) is 35.3 Å². The monoisotopic (exact) mass is 610 g/mol. The van der Waals surface area contributed by atoms with Gasteiger partial charge in [0.15, 0.2) is 5.79 Å². The number of hydrogen-bond donors (Lipinski definition) is 3. The summed E-state index contributed by atoms with van der Waals surface area (Å²) >= 11 is 6.48. The molecule has 6 atom stereocenters. The Morgan fingerprint density at radius 2 is 1.57 bits per heavy atom. The molecule has 4 aromatic rings. The number of halogens is 1. The molecule has 1 saturated carbocycles. The molecule has 2 saturated heterocycles. The molecular weight excluding hydrogens is 580 g/mol. The number of phenols is 1. The largest absolute Gasteiger partial charge is 0.508 e. The highest BCUT2D eigenvalue weighted by Crippen LogP contribution is 2.59. The van der Waals surface area contributed by atoms with Crippen molar-refractivity contribution in [3.8, 4) is 11.5 Å². The fourth-order valence-corrected chi connectivity index (χ4v) is 7.29. The minimum absolute atomic E-state index is 0.0132. The van der Waals surface area contributed by atoms with Gasteiger partial charge in [-0.1, -0.05) is 54.1 Å². The molecule has 2 heterocycles. The van der Waals surface area contributed by atoms with E-state index in [1.54, 1.807) is 18.2 Å². The zero-order valence-corrected chi connectivity index (χ0v) is 24.4. The van der Waals surface area contributed by atoms with Gasteiger partial charge in [0.1, 0.15) is 11.5 Å². The van der Waals surface area contributed by atoms with Gasteiger partial charge in [0, 0.05) is 23.2 Å². The summed E-state index contributed by atoms with van der Waals surface area (Å²) in [4.78, 5) is 29.3. The lowest BCUT2D eigenvalue weighted by molar-refractivity contribution is -0.272. The van der Waals surface area contributed by atoms with Crippen LogP contribution in [0.3, 0.4) is 0 Å². The number of fused-ring (bicyclic) bond motifs is 3. The van der Waals surface area contributed by atoms with Crippen LogP contribution >= 0.6 is 11.6 Å². The number of para-hydroxylation sites is 2. The van der Waals surface area contributed by atoms with Gasteiger partial charge in [0.2, 0.25) is 11.8 Å². The number of rotatable bonds is 7. The Hall–Kier alpha value is -4.37. The summed E-state index contributed by atoms with van der Waals surface area (Å²) in [5, 5.41) is 25.7. The number of benzene rings is 4. The second-order valence-corrected chi connectivity index (χ2v) is 12.1. The van der Waals surface area contributed by atoms with Crippen LogP contribution in [0.4, 0.5) is 17.1 Å². The van der Waals surface area contributed by atoms with Crippen molar-refractivity contribution in [2.24, 2.45) is 23.7 Å². The Bertz CT molecular complexity index is 1680. The first-order chi connectivity index (χ1) is 21.3. The molecule has 0 radical (unpaired) electrons. The molecule has 1 aliphatic carbocycles. The zero-order chi connectivity index (χ0) is 30.4. The van der Waals surface area contributed by atoms with Crippen LogP contribution in [0.2, 0.25) is 5.02 Å². The molecule has 3 fully saturated rings. The lowest BCUT2D eigenvalue weighted by Crippen LogP contribution is -2.55. The van der Waals surface area contributed by atoms with Crippen LogP contribution in [-0.4, -0.2) is 34.4 Å². The van der Waals surface area contributed by atoms with Gasteiger partial charge in [-0.25, -0.2) is 0 Å². The van der Waals surface area contributed by atoms with Gasteiger partial charge in [-0.3, -0.25) is 14.5 Å². The van der Waals surface area contributed by atoms with Crippen molar-refractivity contribution >= 4 is 40.5 Å². The van der Waals surface area contributed by atoms with Crippen molar-refractivity contribution in [2.45, 2.75) is 24.7 Å². The van der Waals surface area contributed by atoms with Gasteiger partial charge >= 0.3 is 0 Å². The molecule has 0 bridgehead atoms. The highest BCUT2D eigenvalue weighted by molar-refractivity contribution is 6.31. The predicted octanol–water partition coefficient (Wildman–Crippen LogP) is 6.46. The predicted molar refractivity (Wildman–Crippen MR) is 166 cm³/mol. The number of carbonyl (C=O) groups is 2. The quantitative estimate of drug-likeness (QED) is 0.206. The first kappa shape index (κ1) is 28.4. The average molecular weight is 611 g/mol. The number of nitrogens with zero attached hydrogens (tertiary/aromatic N) is 1. The third-order valence-corrected chi connectivity index (χ3v) is 9.40. The molecule has 0 unspecified atom stereocenters. The zero-order valence-electron chi connectivity index (χ0n) is 23.7. The summed E-state index contributed by atoms with van der Waals surface area (Å²) in [6.07, 6.45) is -0.150. The van der Waals surface area contributed by atoms with Crippen LogP contribution in [0.25, 0.3) is 0 Å². The standard InChI is InChI=1S/C35H31ClN2O6/c36-30-18-25(39)15-16-27(30)31-19-29-32-28(17-21(35(29,42)44-31)20-43-26-9-5-2-6-10-26)33(40)38(34(32)41)24-13-11-23(12-14-24)37-22-7-3-1-4-8-22/h1-16,18,21,28-29,31-32,37,39,42H,17,19-20H2/t21-,28+,29+,31+,32+,35-/m1/s1. The number of hydrogen-bond acceptors (Lipinski definition) is 7. The molecule has 0 aromatic heterocycles. The molecule has 2 amide bonds. The lowest BCUT2D eigenvalue weighted by atomic mass is 9.64. The van der Waals surface area contributed by atoms with E-state index in [0.29, 0.717) is 22.0 Å². The molecule has 8 nitrogen and oxygen atoms in total. The first-order valence-electron chi connectivity index (χ1n) is 14.7. The van der Waals surface area contributed by atoms with Gasteiger partial charge < -0.3 is 25.0 Å². The number of amides is 2. The summed E-state index contributed by atoms with van der Waals surface area (Å²) in [6, 6.07) is 30.7. The van der Waals surface area contributed by atoms with Crippen LogP contribution in [0.15, 0.2) is 103 Å². The van der Waals surface area contributed by atoms with E-state index in [1.165, 1.54) is 17.0 Å². The number of nitrogens with one attached hydrogen (secondary N) is 1. The normalized spacial score (nSPS) is 27.6. The van der Waals surface area contributed by atoms with E-state index in [9.17, 15) is 19.8 Å². The summed E-state index contributed by atoms with van der Waals surface area (Å²) < 4.78 is 12.5. The number of imide groups is 1. The SMILES string of the molecule is O=C1[C@H]2[C@H](C[C@H](COc3ccccc3)[C@@]3(O)O[C@H](c4ccc(O)cc4Cl)C[C@@H]23)C(=O)N1c1ccc(Nc2ccccc2)cc1. The van der Waals surface area contributed by atoms with Gasteiger partial charge in [-0.05, 0) is 79.1 Å². The lowest BCUT2D eigenvalue weighted by Gasteiger charge is -2.44. The topological polar surface area (TPSA) is 108 Å². The van der Waals surface area contributed by atoms with E-state index in [4.69, 9.17) is 21.1 Å². The third-order valence-electron chi connectivity index (χ3n) is 9.08. The maximum Gasteiger partial charge on any atom is 0.238 e. The van der Waals surface area contributed by atoms with Crippen molar-refractivity contribution in [3.63, 3.8) is 0 Å². The number of anilines is 3. The average Bonchev–Trinajstić information content (AvgIpc) is 3.50. The fourth-order valence-electron chi connectivity index (χ4n) is 7.00. The molecule has 2 aliphatic heterocycles. The van der Waals surface area contributed by atoms with Gasteiger partial charge in [-0.15, -0.1) is 0 Å². The second kappa shape index (κ2) is 11.3. The first-order valence-corrected chi connectivity index (χ1v) is 15.1. The molecular formula is C35H31ClN2O6. The Morgan fingerprint density at radius 1 is 0.886 bits per heavy atom. The molecule has 7 rings (SSSR count). The summed E-state index contributed by atoms with van der Waals surface area (Å²) in [7, 11) is 0. The third kappa shape index (κ3) is 4.99. The number of aromatic hydroxyl groups is 1. The minimum atomic E-state index is -1.74. The summed E-state index contributed by atoms with van der Waals surface area (Å²) in [5.74, 6) is -4.43. The van der Waals surface area contributed by atoms with Crippen LogP contribution in [0.1, 0.15) is 24.5 Å².